The third-order valence-corrected chi connectivity index (χ3v) is 9.30. The number of carboxylic acids is 1. The van der Waals surface area contributed by atoms with Gasteiger partial charge in [-0.15, -0.1) is 6.58 Å². The topological polar surface area (TPSA) is 147 Å². The van der Waals surface area contributed by atoms with E-state index in [2.05, 4.69) is 17.2 Å². The van der Waals surface area contributed by atoms with E-state index in [9.17, 15) is 24.3 Å². The van der Waals surface area contributed by atoms with Crippen molar-refractivity contribution in [1.82, 2.24) is 20.5 Å². The van der Waals surface area contributed by atoms with Crippen LogP contribution in [0.5, 0.6) is 5.75 Å². The lowest BCUT2D eigenvalue weighted by Gasteiger charge is -2.30. The highest BCUT2D eigenvalue weighted by Gasteiger charge is 2.61. The van der Waals surface area contributed by atoms with E-state index < -0.39 is 53.5 Å². The largest absolute Gasteiger partial charge is 0.488 e. The van der Waals surface area contributed by atoms with E-state index in [0.29, 0.717) is 24.3 Å². The molecule has 3 amide bonds. The number of hydrogen-bond acceptors (Lipinski definition) is 7. The summed E-state index contributed by atoms with van der Waals surface area (Å²) in [5.41, 5.74) is 1.79. The lowest BCUT2D eigenvalue weighted by Crippen LogP contribution is -2.57. The third kappa shape index (κ3) is 6.62. The molecule has 11 heteroatoms. The van der Waals surface area contributed by atoms with Crippen molar-refractivity contribution in [3.8, 4) is 17.0 Å². The molecule has 0 radical (unpaired) electrons. The van der Waals surface area contributed by atoms with Crippen molar-refractivity contribution in [3.05, 3.63) is 78.9 Å². The predicted molar refractivity (Wildman–Crippen MR) is 180 cm³/mol. The van der Waals surface area contributed by atoms with Crippen LogP contribution in [0.2, 0.25) is 0 Å². The Morgan fingerprint density at radius 3 is 2.67 bits per heavy atom. The number of ether oxygens (including phenoxy) is 2. The molecule has 5 atom stereocenters. The van der Waals surface area contributed by atoms with Crippen LogP contribution in [-0.2, 0) is 19.1 Å². The molecule has 48 heavy (non-hydrogen) atoms. The Morgan fingerprint density at radius 2 is 1.96 bits per heavy atom. The third-order valence-electron chi connectivity index (χ3n) is 9.30. The summed E-state index contributed by atoms with van der Waals surface area (Å²) in [4.78, 5) is 59.4. The van der Waals surface area contributed by atoms with E-state index in [1.807, 2.05) is 66.7 Å². The molecule has 0 spiro atoms. The van der Waals surface area contributed by atoms with Crippen LogP contribution in [0.15, 0.2) is 73.3 Å². The van der Waals surface area contributed by atoms with Gasteiger partial charge in [0.25, 0.3) is 0 Å². The summed E-state index contributed by atoms with van der Waals surface area (Å²) in [5.74, 6) is -2.46. The van der Waals surface area contributed by atoms with Crippen LogP contribution >= 0.6 is 0 Å². The number of nitrogens with zero attached hydrogens (tertiary/aromatic N) is 2. The first-order valence-corrected chi connectivity index (χ1v) is 16.3. The first kappa shape index (κ1) is 32.7. The highest BCUT2D eigenvalue weighted by Crippen LogP contribution is 2.45. The van der Waals surface area contributed by atoms with Gasteiger partial charge in [0.1, 0.15) is 29.5 Å². The summed E-state index contributed by atoms with van der Waals surface area (Å²) in [6.07, 6.45) is 5.73. The number of cyclic esters (lactones) is 1. The molecular weight excluding hydrogens is 612 g/mol. The zero-order valence-corrected chi connectivity index (χ0v) is 27.1. The SMILES string of the molecule is C=C[C@@H]1C[C@]1(NC(=O)[C@@H]1C[C@@H]2CN1C(=O)[C@H](C(C)C)NC(=O)OCCC/C=C\c1ccc3nc(-c4ccccc4)cc(c3c1)O2)C(=O)O. The average molecular weight is 653 g/mol. The normalized spacial score (nSPS) is 26.5. The minimum atomic E-state index is -1.48. The van der Waals surface area contributed by atoms with Gasteiger partial charge in [0, 0.05) is 29.4 Å². The van der Waals surface area contributed by atoms with Crippen LogP contribution < -0.4 is 15.4 Å². The lowest BCUT2D eigenvalue weighted by atomic mass is 10.0. The van der Waals surface area contributed by atoms with Gasteiger partial charge in [-0.2, -0.15) is 0 Å². The van der Waals surface area contributed by atoms with Gasteiger partial charge in [-0.1, -0.05) is 68.5 Å². The summed E-state index contributed by atoms with van der Waals surface area (Å²) in [7, 11) is 0. The number of hydrogen-bond donors (Lipinski definition) is 3. The molecule has 6 rings (SSSR count). The molecule has 250 valence electrons. The van der Waals surface area contributed by atoms with Gasteiger partial charge in [0.15, 0.2) is 0 Å². The minimum absolute atomic E-state index is 0.0336. The lowest BCUT2D eigenvalue weighted by molar-refractivity contribution is -0.145. The predicted octanol–water partition coefficient (Wildman–Crippen LogP) is 4.95. The number of carbonyl (C=O) groups excluding carboxylic acids is 3. The summed E-state index contributed by atoms with van der Waals surface area (Å²) in [5, 5.41) is 16.2. The average Bonchev–Trinajstić information content (AvgIpc) is 3.64. The highest BCUT2D eigenvalue weighted by atomic mass is 16.5. The fraction of sp³-hybridized carbons (Fsp3) is 0.378. The highest BCUT2D eigenvalue weighted by molar-refractivity contribution is 5.96. The van der Waals surface area contributed by atoms with Crippen LogP contribution in [-0.4, -0.2) is 75.7 Å². The number of alkyl carbamates (subject to hydrolysis) is 1. The Labute approximate surface area is 279 Å². The van der Waals surface area contributed by atoms with E-state index in [-0.39, 0.29) is 31.9 Å². The number of carboxylic acid groups (broad SMARTS) is 1. The number of carbonyl (C=O) groups is 4. The zero-order valence-electron chi connectivity index (χ0n) is 27.1. The monoisotopic (exact) mass is 652 g/mol. The van der Waals surface area contributed by atoms with Gasteiger partial charge in [0.2, 0.25) is 11.8 Å². The van der Waals surface area contributed by atoms with Crippen molar-refractivity contribution in [3.63, 3.8) is 0 Å². The molecule has 3 aliphatic rings. The zero-order chi connectivity index (χ0) is 34.0. The van der Waals surface area contributed by atoms with Crippen molar-refractivity contribution in [1.29, 1.82) is 0 Å². The number of fused-ring (bicyclic) bond motifs is 3. The van der Waals surface area contributed by atoms with Gasteiger partial charge < -0.3 is 30.1 Å². The van der Waals surface area contributed by atoms with Crippen molar-refractivity contribution in [2.24, 2.45) is 11.8 Å². The molecule has 3 N–H and O–H groups in total. The standard InChI is InChI=1S/C37H40N4O7/c1-4-25-20-37(25,35(44)45)40-33(42)30-18-26-21-41(30)34(43)32(22(2)3)39-36(46)47-16-10-6-7-11-23-14-15-28-27(17-23)31(48-26)19-29(38-28)24-12-8-5-9-13-24/h4-5,7-9,11-15,17,19,22,25-26,30,32H,1,6,10,16,18,20-21H2,2-3H3,(H,39,46)(H,40,42)(H,44,45)/b11-7-/t25-,26-,30+,32+,37-/m1/s1. The van der Waals surface area contributed by atoms with E-state index in [4.69, 9.17) is 14.5 Å². The Kier molecular flexibility index (Phi) is 9.21. The number of benzene rings is 2. The van der Waals surface area contributed by atoms with Crippen molar-refractivity contribution >= 4 is 40.9 Å². The molecule has 1 aliphatic carbocycles. The second-order valence-electron chi connectivity index (χ2n) is 13.0. The Morgan fingerprint density at radius 1 is 1.17 bits per heavy atom. The van der Waals surface area contributed by atoms with E-state index in [1.165, 1.54) is 11.0 Å². The van der Waals surface area contributed by atoms with Gasteiger partial charge in [-0.3, -0.25) is 9.59 Å². The van der Waals surface area contributed by atoms with Gasteiger partial charge >= 0.3 is 12.1 Å². The van der Waals surface area contributed by atoms with Gasteiger partial charge in [-0.25, -0.2) is 14.6 Å². The molecule has 3 heterocycles. The molecule has 3 aromatic rings. The number of amides is 3. The van der Waals surface area contributed by atoms with Crippen molar-refractivity contribution in [2.45, 2.75) is 63.3 Å². The molecule has 2 aromatic carbocycles. The summed E-state index contributed by atoms with van der Waals surface area (Å²) in [6.45, 7) is 7.49. The molecule has 2 fully saturated rings. The molecule has 0 unspecified atom stereocenters. The van der Waals surface area contributed by atoms with Crippen LogP contribution in [0.3, 0.4) is 0 Å². The first-order chi connectivity index (χ1) is 23.1. The quantitative estimate of drug-likeness (QED) is 0.317. The molecule has 1 aromatic heterocycles. The maximum Gasteiger partial charge on any atom is 0.407 e. The number of aromatic nitrogens is 1. The fourth-order valence-electron chi connectivity index (χ4n) is 6.49. The number of aliphatic carboxylic acids is 1. The van der Waals surface area contributed by atoms with Crippen LogP contribution in [0.1, 0.15) is 45.1 Å². The fourth-order valence-corrected chi connectivity index (χ4v) is 6.49. The Hall–Kier alpha value is -5.19. The second kappa shape index (κ2) is 13.5. The number of nitrogens with one attached hydrogen (secondary N) is 2. The van der Waals surface area contributed by atoms with E-state index >= 15 is 0 Å². The van der Waals surface area contributed by atoms with Gasteiger partial charge in [0.05, 0.1) is 24.4 Å². The smallest absolute Gasteiger partial charge is 0.407 e. The van der Waals surface area contributed by atoms with E-state index in [1.54, 1.807) is 13.8 Å². The summed E-state index contributed by atoms with van der Waals surface area (Å²) < 4.78 is 12.1. The van der Waals surface area contributed by atoms with Crippen LogP contribution in [0, 0.1) is 11.8 Å². The Balaban J connectivity index is 1.40. The molecule has 2 aliphatic heterocycles. The molecule has 1 saturated heterocycles. The molecule has 11 nitrogen and oxygen atoms in total. The first-order valence-electron chi connectivity index (χ1n) is 16.3. The number of allylic oxidation sites excluding steroid dienone is 1. The number of pyridine rings is 1. The second-order valence-corrected chi connectivity index (χ2v) is 13.0. The van der Waals surface area contributed by atoms with Gasteiger partial charge in [-0.05, 0) is 42.9 Å². The minimum Gasteiger partial charge on any atom is -0.488 e. The van der Waals surface area contributed by atoms with Crippen LogP contribution in [0.25, 0.3) is 28.2 Å². The van der Waals surface area contributed by atoms with Crippen molar-refractivity contribution in [2.75, 3.05) is 13.2 Å². The van der Waals surface area contributed by atoms with Crippen LogP contribution in [0.4, 0.5) is 4.79 Å². The number of rotatable bonds is 6. The van der Waals surface area contributed by atoms with Crippen molar-refractivity contribution < 1.29 is 33.8 Å². The maximum atomic E-state index is 14.2. The molecular formula is C37H40N4O7. The molecule has 1 saturated carbocycles. The molecule has 4 bridgehead atoms. The summed E-state index contributed by atoms with van der Waals surface area (Å²) in [6, 6.07) is 15.5. The maximum absolute atomic E-state index is 14.2. The van der Waals surface area contributed by atoms with E-state index in [0.717, 1.165) is 22.0 Å². The summed E-state index contributed by atoms with van der Waals surface area (Å²) >= 11 is 0. The Bertz CT molecular complexity index is 1770.